The number of methoxy groups -OCH3 is 1. The highest BCUT2D eigenvalue weighted by Gasteiger charge is 2.21. The maximum atomic E-state index is 12.0. The number of amides is 2. The van der Waals surface area contributed by atoms with Gasteiger partial charge in [0, 0.05) is 52.6 Å². The summed E-state index contributed by atoms with van der Waals surface area (Å²) < 4.78 is 7.06. The first kappa shape index (κ1) is 15.8. The molecule has 7 heteroatoms. The van der Waals surface area contributed by atoms with E-state index in [1.54, 1.807) is 7.11 Å². The minimum atomic E-state index is -0.00324. The lowest BCUT2D eigenvalue weighted by molar-refractivity contribution is 0.131. The Kier molecular flexibility index (Phi) is 5.09. The molecule has 0 radical (unpaired) electrons. The zero-order valence-corrected chi connectivity index (χ0v) is 13.4. The van der Waals surface area contributed by atoms with Crippen LogP contribution >= 0.6 is 0 Å². The van der Waals surface area contributed by atoms with Crippen molar-refractivity contribution < 1.29 is 9.53 Å². The lowest BCUT2D eigenvalue weighted by atomic mass is 10.3. The van der Waals surface area contributed by atoms with Crippen molar-refractivity contribution in [2.75, 3.05) is 46.4 Å². The summed E-state index contributed by atoms with van der Waals surface area (Å²) in [7, 11) is 1.63. The largest absolute Gasteiger partial charge is 0.383 e. The molecule has 0 aliphatic carbocycles. The van der Waals surface area contributed by atoms with Gasteiger partial charge in [0.2, 0.25) is 0 Å². The van der Waals surface area contributed by atoms with E-state index in [4.69, 9.17) is 4.74 Å². The van der Waals surface area contributed by atoms with E-state index in [-0.39, 0.29) is 6.03 Å². The average molecular weight is 317 g/mol. The van der Waals surface area contributed by atoms with Gasteiger partial charge in [0.1, 0.15) is 5.65 Å². The summed E-state index contributed by atoms with van der Waals surface area (Å²) in [4.78, 5) is 20.6. The van der Waals surface area contributed by atoms with Gasteiger partial charge in [-0.25, -0.2) is 9.78 Å². The number of hydrogen-bond acceptors (Lipinski definition) is 4. The molecule has 124 valence electrons. The standard InChI is InChI=1S/C16H23N5O2/c1-23-11-5-17-16(22)20-9-7-19(8-10-20)13-14-12-18-15-4-2-3-6-21(14)15/h2-4,6,12H,5,7-11,13H2,1H3,(H,17,22). The Morgan fingerprint density at radius 2 is 2.13 bits per heavy atom. The Hall–Kier alpha value is -2.12. The van der Waals surface area contributed by atoms with Crippen LogP contribution in [0.25, 0.3) is 5.65 Å². The van der Waals surface area contributed by atoms with Crippen molar-refractivity contribution in [2.45, 2.75) is 6.54 Å². The third-order valence-corrected chi connectivity index (χ3v) is 4.12. The number of carbonyl (C=O) groups is 1. The number of ether oxygens (including phenoxy) is 1. The van der Waals surface area contributed by atoms with E-state index in [9.17, 15) is 4.79 Å². The van der Waals surface area contributed by atoms with Crippen molar-refractivity contribution in [1.82, 2.24) is 24.5 Å². The summed E-state index contributed by atoms with van der Waals surface area (Å²) in [5, 5.41) is 2.87. The van der Waals surface area contributed by atoms with E-state index >= 15 is 0 Å². The summed E-state index contributed by atoms with van der Waals surface area (Å²) in [6.45, 7) is 5.18. The predicted molar refractivity (Wildman–Crippen MR) is 87.3 cm³/mol. The summed E-state index contributed by atoms with van der Waals surface area (Å²) in [5.74, 6) is 0. The molecular formula is C16H23N5O2. The molecule has 3 rings (SSSR count). The SMILES string of the molecule is COCCNC(=O)N1CCN(Cc2cnc3ccccn23)CC1. The average Bonchev–Trinajstić information content (AvgIpc) is 2.99. The van der Waals surface area contributed by atoms with Gasteiger partial charge in [0.05, 0.1) is 18.5 Å². The minimum absolute atomic E-state index is 0.00324. The smallest absolute Gasteiger partial charge is 0.317 e. The molecule has 3 heterocycles. The molecule has 1 N–H and O–H groups in total. The lowest BCUT2D eigenvalue weighted by Gasteiger charge is -2.34. The summed E-state index contributed by atoms with van der Waals surface area (Å²) >= 11 is 0. The van der Waals surface area contributed by atoms with Gasteiger partial charge in [0.15, 0.2) is 0 Å². The van der Waals surface area contributed by atoms with Crippen LogP contribution in [0.5, 0.6) is 0 Å². The van der Waals surface area contributed by atoms with Crippen LogP contribution in [0, 0.1) is 0 Å². The highest BCUT2D eigenvalue weighted by Crippen LogP contribution is 2.11. The summed E-state index contributed by atoms with van der Waals surface area (Å²) in [6.07, 6.45) is 3.97. The minimum Gasteiger partial charge on any atom is -0.383 e. The highest BCUT2D eigenvalue weighted by molar-refractivity contribution is 5.74. The van der Waals surface area contributed by atoms with Crippen LogP contribution in [-0.4, -0.2) is 71.7 Å². The van der Waals surface area contributed by atoms with Crippen molar-refractivity contribution in [2.24, 2.45) is 0 Å². The Labute approximate surface area is 135 Å². The Morgan fingerprint density at radius 3 is 2.91 bits per heavy atom. The topological polar surface area (TPSA) is 62.1 Å². The van der Waals surface area contributed by atoms with E-state index in [1.165, 1.54) is 5.69 Å². The molecular weight excluding hydrogens is 294 g/mol. The van der Waals surface area contributed by atoms with E-state index in [2.05, 4.69) is 19.6 Å². The van der Waals surface area contributed by atoms with Crippen molar-refractivity contribution in [3.63, 3.8) is 0 Å². The number of carbonyl (C=O) groups excluding carboxylic acids is 1. The van der Waals surface area contributed by atoms with Crippen molar-refractivity contribution >= 4 is 11.7 Å². The maximum Gasteiger partial charge on any atom is 0.317 e. The molecule has 1 saturated heterocycles. The molecule has 23 heavy (non-hydrogen) atoms. The van der Waals surface area contributed by atoms with Gasteiger partial charge in [-0.2, -0.15) is 0 Å². The fraction of sp³-hybridized carbons (Fsp3) is 0.500. The van der Waals surface area contributed by atoms with E-state index in [0.29, 0.717) is 13.2 Å². The molecule has 7 nitrogen and oxygen atoms in total. The Morgan fingerprint density at radius 1 is 1.30 bits per heavy atom. The lowest BCUT2D eigenvalue weighted by Crippen LogP contribution is -2.51. The number of imidazole rings is 1. The first-order valence-electron chi connectivity index (χ1n) is 7.93. The third kappa shape index (κ3) is 3.80. The first-order valence-corrected chi connectivity index (χ1v) is 7.93. The van der Waals surface area contributed by atoms with Gasteiger partial charge in [-0.3, -0.25) is 4.90 Å². The quantitative estimate of drug-likeness (QED) is 0.829. The molecule has 0 spiro atoms. The second-order valence-corrected chi connectivity index (χ2v) is 5.67. The summed E-state index contributed by atoms with van der Waals surface area (Å²) in [6, 6.07) is 6.01. The van der Waals surface area contributed by atoms with Crippen LogP contribution < -0.4 is 5.32 Å². The van der Waals surface area contributed by atoms with Gasteiger partial charge >= 0.3 is 6.03 Å². The predicted octanol–water partition coefficient (Wildman–Crippen LogP) is 0.808. The highest BCUT2D eigenvalue weighted by atomic mass is 16.5. The van der Waals surface area contributed by atoms with Gasteiger partial charge < -0.3 is 19.4 Å². The monoisotopic (exact) mass is 317 g/mol. The zero-order chi connectivity index (χ0) is 16.1. The van der Waals surface area contributed by atoms with Crippen molar-refractivity contribution in [3.05, 3.63) is 36.3 Å². The molecule has 2 amide bonds. The molecule has 0 aromatic carbocycles. The van der Waals surface area contributed by atoms with Gasteiger partial charge in [0.25, 0.3) is 0 Å². The third-order valence-electron chi connectivity index (χ3n) is 4.12. The number of urea groups is 1. The molecule has 0 atom stereocenters. The van der Waals surface area contributed by atoms with Crippen LogP contribution in [0.4, 0.5) is 4.79 Å². The maximum absolute atomic E-state index is 12.0. The molecule has 2 aromatic rings. The Balaban J connectivity index is 1.50. The van der Waals surface area contributed by atoms with E-state index < -0.39 is 0 Å². The molecule has 0 unspecified atom stereocenters. The first-order chi connectivity index (χ1) is 11.3. The molecule has 1 aliphatic heterocycles. The van der Waals surface area contributed by atoms with Crippen molar-refractivity contribution in [1.29, 1.82) is 0 Å². The van der Waals surface area contributed by atoms with E-state index in [0.717, 1.165) is 38.4 Å². The molecule has 1 aliphatic rings. The number of rotatable bonds is 5. The van der Waals surface area contributed by atoms with Gasteiger partial charge in [-0.05, 0) is 12.1 Å². The number of aromatic nitrogens is 2. The van der Waals surface area contributed by atoms with Crippen LogP contribution in [0.15, 0.2) is 30.6 Å². The number of pyridine rings is 1. The number of piperazine rings is 1. The Bertz CT molecular complexity index is 649. The fourth-order valence-corrected chi connectivity index (χ4v) is 2.81. The van der Waals surface area contributed by atoms with Crippen LogP contribution in [0.2, 0.25) is 0 Å². The normalized spacial score (nSPS) is 16.0. The number of hydrogen-bond donors (Lipinski definition) is 1. The van der Waals surface area contributed by atoms with E-state index in [1.807, 2.05) is 35.5 Å². The van der Waals surface area contributed by atoms with Crippen LogP contribution in [0.3, 0.4) is 0 Å². The number of nitrogens with zero attached hydrogens (tertiary/aromatic N) is 4. The second kappa shape index (κ2) is 7.43. The summed E-state index contributed by atoms with van der Waals surface area (Å²) in [5.41, 5.74) is 2.15. The van der Waals surface area contributed by atoms with Gasteiger partial charge in [-0.15, -0.1) is 0 Å². The second-order valence-electron chi connectivity index (χ2n) is 5.67. The van der Waals surface area contributed by atoms with Crippen LogP contribution in [0.1, 0.15) is 5.69 Å². The molecule has 1 fully saturated rings. The number of fused-ring (bicyclic) bond motifs is 1. The van der Waals surface area contributed by atoms with Crippen LogP contribution in [-0.2, 0) is 11.3 Å². The van der Waals surface area contributed by atoms with Gasteiger partial charge in [-0.1, -0.05) is 6.07 Å². The fourth-order valence-electron chi connectivity index (χ4n) is 2.81. The molecule has 0 bridgehead atoms. The van der Waals surface area contributed by atoms with Crippen molar-refractivity contribution in [3.8, 4) is 0 Å². The number of nitrogens with one attached hydrogen (secondary N) is 1. The molecule has 0 saturated carbocycles. The molecule has 2 aromatic heterocycles. The zero-order valence-electron chi connectivity index (χ0n) is 13.4.